The summed E-state index contributed by atoms with van der Waals surface area (Å²) in [6.45, 7) is 2.39. The highest BCUT2D eigenvalue weighted by Gasteiger charge is 2.25. The molecule has 1 fully saturated rings. The zero-order valence-electron chi connectivity index (χ0n) is 12.8. The Morgan fingerprint density at radius 1 is 1.33 bits per heavy atom. The van der Waals surface area contributed by atoms with E-state index < -0.39 is 0 Å². The maximum absolute atomic E-state index is 9.55. The van der Waals surface area contributed by atoms with Gasteiger partial charge in [-0.05, 0) is 6.07 Å². The molecule has 7 heteroatoms. The van der Waals surface area contributed by atoms with Gasteiger partial charge in [-0.1, -0.05) is 23.7 Å². The predicted octanol–water partition coefficient (Wildman–Crippen LogP) is 2.63. The van der Waals surface area contributed by atoms with E-state index >= 15 is 0 Å². The lowest BCUT2D eigenvalue weighted by atomic mass is 10.0. The fraction of sp³-hybridized carbons (Fsp3) is 0.235. The Morgan fingerprint density at radius 2 is 2.25 bits per heavy atom. The molecule has 0 aliphatic carbocycles. The fourth-order valence-electron chi connectivity index (χ4n) is 3.22. The van der Waals surface area contributed by atoms with Crippen LogP contribution in [0.2, 0.25) is 5.02 Å². The van der Waals surface area contributed by atoms with Crippen molar-refractivity contribution in [3.63, 3.8) is 0 Å². The van der Waals surface area contributed by atoms with Crippen LogP contribution in [-0.4, -0.2) is 34.8 Å². The number of nitrogens with one attached hydrogen (secondary N) is 2. The molecule has 3 heterocycles. The Balaban J connectivity index is 1.80. The van der Waals surface area contributed by atoms with E-state index in [-0.39, 0.29) is 6.04 Å². The van der Waals surface area contributed by atoms with E-state index in [1.807, 2.05) is 30.6 Å². The third kappa shape index (κ3) is 2.48. The van der Waals surface area contributed by atoms with Gasteiger partial charge in [-0.3, -0.25) is 10.1 Å². The zero-order chi connectivity index (χ0) is 16.5. The van der Waals surface area contributed by atoms with Crippen LogP contribution in [0.1, 0.15) is 17.2 Å². The van der Waals surface area contributed by atoms with Gasteiger partial charge in [0.15, 0.2) is 0 Å². The van der Waals surface area contributed by atoms with E-state index in [0.29, 0.717) is 10.6 Å². The van der Waals surface area contributed by atoms with Gasteiger partial charge in [-0.15, -0.1) is 0 Å². The smallest absolute Gasteiger partial charge is 0.103 e. The van der Waals surface area contributed by atoms with Crippen molar-refractivity contribution in [1.82, 2.24) is 20.5 Å². The van der Waals surface area contributed by atoms with Gasteiger partial charge in [0.2, 0.25) is 0 Å². The van der Waals surface area contributed by atoms with E-state index in [4.69, 9.17) is 11.6 Å². The number of halogens is 1. The minimum atomic E-state index is 0.159. The topological polar surface area (TPSA) is 80.6 Å². The Hall–Kier alpha value is -2.62. The lowest BCUT2D eigenvalue weighted by Crippen LogP contribution is -2.46. The number of anilines is 1. The van der Waals surface area contributed by atoms with E-state index in [2.05, 4.69) is 31.5 Å². The van der Waals surface area contributed by atoms with Crippen LogP contribution < -0.4 is 10.2 Å². The van der Waals surface area contributed by atoms with Crippen LogP contribution in [0.4, 0.5) is 5.69 Å². The second-order valence-electron chi connectivity index (χ2n) is 5.75. The lowest BCUT2D eigenvalue weighted by Gasteiger charge is -2.36. The molecule has 0 saturated carbocycles. The summed E-state index contributed by atoms with van der Waals surface area (Å²) < 4.78 is 0. The molecule has 1 aliphatic heterocycles. The number of rotatable bonds is 2. The summed E-state index contributed by atoms with van der Waals surface area (Å²) in [7, 11) is 0. The van der Waals surface area contributed by atoms with Crippen LogP contribution in [0.5, 0.6) is 0 Å². The maximum atomic E-state index is 9.55. The van der Waals surface area contributed by atoms with Crippen LogP contribution in [0, 0.1) is 11.3 Å². The normalized spacial score (nSPS) is 17.8. The summed E-state index contributed by atoms with van der Waals surface area (Å²) in [5, 5.41) is 21.4. The van der Waals surface area contributed by atoms with Gasteiger partial charge >= 0.3 is 0 Å². The number of aromatic amines is 1. The largest absolute Gasteiger partial charge is 0.367 e. The molecule has 2 N–H and O–H groups in total. The summed E-state index contributed by atoms with van der Waals surface area (Å²) in [4.78, 5) is 6.59. The molecule has 24 heavy (non-hydrogen) atoms. The molecule has 1 aliphatic rings. The van der Waals surface area contributed by atoms with Crippen LogP contribution in [0.15, 0.2) is 36.8 Å². The summed E-state index contributed by atoms with van der Waals surface area (Å²) in [6, 6.07) is 8.11. The van der Waals surface area contributed by atoms with Crippen molar-refractivity contribution in [3.8, 4) is 6.07 Å². The Labute approximate surface area is 144 Å². The van der Waals surface area contributed by atoms with Crippen LogP contribution >= 0.6 is 11.6 Å². The number of hydrogen-bond donors (Lipinski definition) is 2. The van der Waals surface area contributed by atoms with Crippen molar-refractivity contribution < 1.29 is 0 Å². The number of benzene rings is 1. The first-order chi connectivity index (χ1) is 11.8. The molecule has 0 bridgehead atoms. The molecule has 2 aromatic heterocycles. The fourth-order valence-corrected chi connectivity index (χ4v) is 3.45. The average Bonchev–Trinajstić information content (AvgIpc) is 3.16. The van der Waals surface area contributed by atoms with Gasteiger partial charge in [0.1, 0.15) is 6.07 Å². The maximum Gasteiger partial charge on any atom is 0.103 e. The molecule has 1 aromatic carbocycles. The number of H-pyrrole nitrogens is 1. The third-order valence-electron chi connectivity index (χ3n) is 4.35. The molecular formula is C17H15ClN6. The predicted molar refractivity (Wildman–Crippen MR) is 93.0 cm³/mol. The molecule has 1 unspecified atom stereocenters. The number of nitrogens with zero attached hydrogens (tertiary/aromatic N) is 4. The average molecular weight is 339 g/mol. The first-order valence-corrected chi connectivity index (χ1v) is 8.10. The highest BCUT2D eigenvalue weighted by Crippen LogP contribution is 2.34. The SMILES string of the molecule is N#Cc1cnc2c(Cl)cccc2c1N1CCNC(c2cn[nH]c2)C1. The van der Waals surface area contributed by atoms with Crippen LogP contribution in [0.25, 0.3) is 10.9 Å². The number of fused-ring (bicyclic) bond motifs is 1. The Bertz CT molecular complexity index is 915. The summed E-state index contributed by atoms with van der Waals surface area (Å²) in [5.74, 6) is 0. The van der Waals surface area contributed by atoms with Gasteiger partial charge in [0, 0.05) is 43.0 Å². The van der Waals surface area contributed by atoms with E-state index in [9.17, 15) is 5.26 Å². The lowest BCUT2D eigenvalue weighted by molar-refractivity contribution is 0.472. The van der Waals surface area contributed by atoms with E-state index in [1.165, 1.54) is 0 Å². The minimum Gasteiger partial charge on any atom is -0.367 e. The van der Waals surface area contributed by atoms with Crippen molar-refractivity contribution >= 4 is 28.2 Å². The quantitative estimate of drug-likeness (QED) is 0.750. The second-order valence-corrected chi connectivity index (χ2v) is 6.16. The van der Waals surface area contributed by atoms with Crippen molar-refractivity contribution in [1.29, 1.82) is 5.26 Å². The molecule has 0 spiro atoms. The molecular weight excluding hydrogens is 324 g/mol. The Morgan fingerprint density at radius 3 is 3.04 bits per heavy atom. The number of aromatic nitrogens is 3. The minimum absolute atomic E-state index is 0.159. The van der Waals surface area contributed by atoms with Crippen molar-refractivity contribution in [2.24, 2.45) is 0 Å². The van der Waals surface area contributed by atoms with Crippen LogP contribution in [-0.2, 0) is 0 Å². The zero-order valence-corrected chi connectivity index (χ0v) is 13.6. The van der Waals surface area contributed by atoms with Crippen molar-refractivity contribution in [2.45, 2.75) is 6.04 Å². The molecule has 3 aromatic rings. The number of nitriles is 1. The highest BCUT2D eigenvalue weighted by atomic mass is 35.5. The summed E-state index contributed by atoms with van der Waals surface area (Å²) >= 11 is 6.28. The number of piperazine rings is 1. The summed E-state index contributed by atoms with van der Waals surface area (Å²) in [5.41, 5.74) is 3.30. The van der Waals surface area contributed by atoms with Crippen molar-refractivity contribution in [3.05, 3.63) is 52.9 Å². The molecule has 6 nitrogen and oxygen atoms in total. The standard InChI is InChI=1S/C17H15ClN6/c18-14-3-1-2-13-16(14)21-7-11(6-19)17(13)24-5-4-20-15(10-24)12-8-22-23-9-12/h1-3,7-9,15,20H,4-5,10H2,(H,22,23). The van der Waals surface area contributed by atoms with E-state index in [0.717, 1.165) is 41.8 Å². The molecule has 0 radical (unpaired) electrons. The molecule has 0 amide bonds. The monoisotopic (exact) mass is 338 g/mol. The number of hydrogen-bond acceptors (Lipinski definition) is 5. The van der Waals surface area contributed by atoms with Gasteiger partial charge in [0.25, 0.3) is 0 Å². The summed E-state index contributed by atoms with van der Waals surface area (Å²) in [6.07, 6.45) is 5.33. The molecule has 4 rings (SSSR count). The highest BCUT2D eigenvalue weighted by molar-refractivity contribution is 6.35. The first kappa shape index (κ1) is 14.9. The van der Waals surface area contributed by atoms with Gasteiger partial charge in [0.05, 0.1) is 34.0 Å². The molecule has 1 saturated heterocycles. The Kier molecular flexibility index (Phi) is 3.81. The van der Waals surface area contributed by atoms with Gasteiger partial charge < -0.3 is 10.2 Å². The molecule has 120 valence electrons. The van der Waals surface area contributed by atoms with Crippen LogP contribution in [0.3, 0.4) is 0 Å². The van der Waals surface area contributed by atoms with Crippen molar-refractivity contribution in [2.75, 3.05) is 24.5 Å². The number of pyridine rings is 1. The third-order valence-corrected chi connectivity index (χ3v) is 4.66. The number of para-hydroxylation sites is 1. The van der Waals surface area contributed by atoms with Gasteiger partial charge in [-0.25, -0.2) is 0 Å². The molecule has 1 atom stereocenters. The first-order valence-electron chi connectivity index (χ1n) is 7.72. The van der Waals surface area contributed by atoms with Gasteiger partial charge in [-0.2, -0.15) is 10.4 Å². The second kappa shape index (κ2) is 6.11. The van der Waals surface area contributed by atoms with E-state index in [1.54, 1.807) is 6.20 Å².